The van der Waals surface area contributed by atoms with Gasteiger partial charge in [0.05, 0.1) is 6.67 Å². The van der Waals surface area contributed by atoms with E-state index in [0.717, 1.165) is 13.2 Å². The summed E-state index contributed by atoms with van der Waals surface area (Å²) in [5, 5.41) is 0. The molecule has 10 nitrogen and oxygen atoms in total. The minimum Gasteiger partial charge on any atom is -0.362 e. The van der Waals surface area contributed by atoms with Crippen LogP contribution in [0.1, 0.15) is 6.92 Å². The Labute approximate surface area is 106 Å². The highest BCUT2D eigenvalue weighted by atomic mass is 32.3. The summed E-state index contributed by atoms with van der Waals surface area (Å²) in [5.74, 6) is 0. The van der Waals surface area contributed by atoms with Gasteiger partial charge in [-0.3, -0.25) is 18.2 Å². The summed E-state index contributed by atoms with van der Waals surface area (Å²) in [5.41, 5.74) is 0. The molecule has 0 saturated heterocycles. The Morgan fingerprint density at radius 3 is 1.44 bits per heavy atom. The van der Waals surface area contributed by atoms with Crippen LogP contribution in [-0.4, -0.2) is 65.1 Å². The van der Waals surface area contributed by atoms with Crippen molar-refractivity contribution in [3.05, 3.63) is 12.4 Å². The van der Waals surface area contributed by atoms with Crippen LogP contribution in [0.15, 0.2) is 12.4 Å². The molecule has 0 aromatic rings. The summed E-state index contributed by atoms with van der Waals surface area (Å²) < 4.78 is 63.2. The van der Waals surface area contributed by atoms with Gasteiger partial charge in [-0.1, -0.05) is 0 Å². The summed E-state index contributed by atoms with van der Waals surface area (Å²) in [7, 11) is -7.26. The summed E-state index contributed by atoms with van der Waals surface area (Å²) in [6, 6.07) is 0. The van der Waals surface area contributed by atoms with Gasteiger partial charge in [-0.25, -0.2) is 0 Å². The van der Waals surface area contributed by atoms with Crippen molar-refractivity contribution in [1.82, 2.24) is 9.80 Å². The van der Waals surface area contributed by atoms with Gasteiger partial charge in [0, 0.05) is 26.0 Å². The Hall–Kier alpha value is -0.920. The molecule has 12 heteroatoms. The topological polar surface area (TPSA) is 156 Å². The Bertz CT molecular complexity index is 396. The van der Waals surface area contributed by atoms with Crippen molar-refractivity contribution in [1.29, 1.82) is 0 Å². The maximum Gasteiger partial charge on any atom is 0.394 e. The quantitative estimate of drug-likeness (QED) is 0.460. The van der Waals surface area contributed by atoms with E-state index < -0.39 is 20.8 Å². The molecule has 1 heterocycles. The lowest BCUT2D eigenvalue weighted by Gasteiger charge is -2.14. The first-order chi connectivity index (χ1) is 7.83. The fourth-order valence-corrected chi connectivity index (χ4v) is 0.794. The minimum atomic E-state index is -4.67. The van der Waals surface area contributed by atoms with Crippen LogP contribution in [-0.2, 0) is 20.8 Å². The molecule has 0 amide bonds. The van der Waals surface area contributed by atoms with Crippen LogP contribution in [0.2, 0.25) is 0 Å². The third kappa shape index (κ3) is 29.4. The average molecular weight is 308 g/mol. The van der Waals surface area contributed by atoms with E-state index in [0.29, 0.717) is 0 Å². The largest absolute Gasteiger partial charge is 0.394 e. The molecule has 0 atom stereocenters. The standard InChI is InChI=1S/C6H12N2.2H2O4S/c1-3-8-5-4-7(2)6-8;2*1-5(2,3)4/h4-5H,3,6H2,1-2H3;2*(H2,1,2,3,4). The Morgan fingerprint density at radius 2 is 1.33 bits per heavy atom. The lowest BCUT2D eigenvalue weighted by molar-refractivity contribution is 0.308. The third-order valence-electron chi connectivity index (χ3n) is 1.34. The highest BCUT2D eigenvalue weighted by Crippen LogP contribution is 2.00. The van der Waals surface area contributed by atoms with Gasteiger partial charge in [0.2, 0.25) is 0 Å². The Balaban J connectivity index is 0. The zero-order valence-corrected chi connectivity index (χ0v) is 11.3. The molecule has 0 aromatic heterocycles. The van der Waals surface area contributed by atoms with Gasteiger partial charge in [0.1, 0.15) is 0 Å². The zero-order valence-electron chi connectivity index (χ0n) is 9.70. The lowest BCUT2D eigenvalue weighted by atomic mass is 10.6. The Kier molecular flexibility index (Phi) is 8.88. The molecule has 110 valence electrons. The fourth-order valence-electron chi connectivity index (χ4n) is 0.794. The molecule has 18 heavy (non-hydrogen) atoms. The first kappa shape index (κ1) is 19.4. The maximum absolute atomic E-state index is 8.74. The van der Waals surface area contributed by atoms with Crippen molar-refractivity contribution in [3.63, 3.8) is 0 Å². The molecule has 1 aliphatic rings. The van der Waals surface area contributed by atoms with Crippen LogP contribution in [0.5, 0.6) is 0 Å². The van der Waals surface area contributed by atoms with E-state index in [-0.39, 0.29) is 0 Å². The van der Waals surface area contributed by atoms with Crippen LogP contribution >= 0.6 is 0 Å². The van der Waals surface area contributed by atoms with Gasteiger partial charge in [0.15, 0.2) is 0 Å². The Morgan fingerprint density at radius 1 is 1.00 bits per heavy atom. The van der Waals surface area contributed by atoms with E-state index in [1.165, 1.54) is 0 Å². The number of rotatable bonds is 1. The van der Waals surface area contributed by atoms with Gasteiger partial charge < -0.3 is 9.80 Å². The molecular weight excluding hydrogens is 292 g/mol. The predicted octanol–water partition coefficient (Wildman–Crippen LogP) is -0.623. The van der Waals surface area contributed by atoms with E-state index in [2.05, 4.69) is 36.2 Å². The van der Waals surface area contributed by atoms with Crippen LogP contribution < -0.4 is 0 Å². The van der Waals surface area contributed by atoms with Crippen molar-refractivity contribution < 1.29 is 35.0 Å². The van der Waals surface area contributed by atoms with Gasteiger partial charge in [0.25, 0.3) is 0 Å². The highest BCUT2D eigenvalue weighted by molar-refractivity contribution is 7.80. The molecule has 0 radical (unpaired) electrons. The van der Waals surface area contributed by atoms with E-state index in [1.54, 1.807) is 0 Å². The number of hydrogen-bond acceptors (Lipinski definition) is 6. The first-order valence-corrected chi connectivity index (χ1v) is 7.14. The van der Waals surface area contributed by atoms with Gasteiger partial charge >= 0.3 is 20.8 Å². The van der Waals surface area contributed by atoms with E-state index >= 15 is 0 Å². The average Bonchev–Trinajstić information content (AvgIpc) is 2.44. The highest BCUT2D eigenvalue weighted by Gasteiger charge is 2.03. The fraction of sp³-hybridized carbons (Fsp3) is 0.667. The van der Waals surface area contributed by atoms with Gasteiger partial charge in [-0.2, -0.15) is 16.8 Å². The van der Waals surface area contributed by atoms with Gasteiger partial charge in [-0.15, -0.1) is 0 Å². The monoisotopic (exact) mass is 308 g/mol. The molecule has 0 fully saturated rings. The molecule has 0 bridgehead atoms. The number of nitrogens with zero attached hydrogens (tertiary/aromatic N) is 2. The maximum atomic E-state index is 8.74. The van der Waals surface area contributed by atoms with Crippen LogP contribution in [0.25, 0.3) is 0 Å². The zero-order chi connectivity index (χ0) is 15.0. The summed E-state index contributed by atoms with van der Waals surface area (Å²) >= 11 is 0. The molecule has 0 aromatic carbocycles. The van der Waals surface area contributed by atoms with Crippen molar-refractivity contribution in [2.45, 2.75) is 6.92 Å². The number of hydrogen-bond donors (Lipinski definition) is 4. The molecule has 0 saturated carbocycles. The van der Waals surface area contributed by atoms with E-state index in [1.807, 2.05) is 0 Å². The molecule has 0 unspecified atom stereocenters. The molecule has 4 N–H and O–H groups in total. The minimum absolute atomic E-state index is 1.05. The second-order valence-corrected chi connectivity index (χ2v) is 4.79. The lowest BCUT2D eigenvalue weighted by Crippen LogP contribution is -2.21. The predicted molar refractivity (Wildman–Crippen MR) is 62.5 cm³/mol. The molecule has 0 spiro atoms. The van der Waals surface area contributed by atoms with Gasteiger partial charge in [-0.05, 0) is 6.92 Å². The second kappa shape index (κ2) is 8.23. The smallest absolute Gasteiger partial charge is 0.362 e. The van der Waals surface area contributed by atoms with Crippen LogP contribution in [0, 0.1) is 0 Å². The summed E-state index contributed by atoms with van der Waals surface area (Å²) in [6.07, 6.45) is 4.20. The van der Waals surface area contributed by atoms with E-state index in [9.17, 15) is 0 Å². The molecular formula is C6H16N2O8S2. The first-order valence-electron chi connectivity index (χ1n) is 4.35. The van der Waals surface area contributed by atoms with Crippen LogP contribution in [0.3, 0.4) is 0 Å². The molecule has 1 aliphatic heterocycles. The van der Waals surface area contributed by atoms with Crippen molar-refractivity contribution in [2.24, 2.45) is 0 Å². The normalized spacial score (nSPS) is 14.6. The third-order valence-corrected chi connectivity index (χ3v) is 1.34. The van der Waals surface area contributed by atoms with Crippen LogP contribution in [0.4, 0.5) is 0 Å². The second-order valence-electron chi connectivity index (χ2n) is 3.00. The SMILES string of the molecule is CCN1C=CN(C)C1.O=S(=O)(O)O.O=S(=O)(O)O. The molecule has 0 aliphatic carbocycles. The van der Waals surface area contributed by atoms with Crippen molar-refractivity contribution in [2.75, 3.05) is 20.3 Å². The van der Waals surface area contributed by atoms with Crippen molar-refractivity contribution >= 4 is 20.8 Å². The summed E-state index contributed by atoms with van der Waals surface area (Å²) in [4.78, 5) is 4.41. The van der Waals surface area contributed by atoms with Crippen molar-refractivity contribution in [3.8, 4) is 0 Å². The molecule has 1 rings (SSSR count). The summed E-state index contributed by atoms with van der Waals surface area (Å²) in [6.45, 7) is 4.32. The van der Waals surface area contributed by atoms with E-state index in [4.69, 9.17) is 35.0 Å².